The molecule has 0 radical (unpaired) electrons. The van der Waals surface area contributed by atoms with Gasteiger partial charge in [-0.1, -0.05) is 11.6 Å². The number of nitrogens with two attached hydrogens (primary N) is 2. The van der Waals surface area contributed by atoms with Gasteiger partial charge in [-0.15, -0.1) is 0 Å². The molecule has 4 N–H and O–H groups in total. The van der Waals surface area contributed by atoms with Gasteiger partial charge in [0.25, 0.3) is 0 Å². The zero-order chi connectivity index (χ0) is 12.4. The molecule has 0 spiro atoms. The second-order valence-corrected chi connectivity index (χ2v) is 4.24. The summed E-state index contributed by atoms with van der Waals surface area (Å²) in [4.78, 5) is 8.24. The summed E-state index contributed by atoms with van der Waals surface area (Å²) in [5, 5.41) is 0.580. The Kier molecular flexibility index (Phi) is 3.26. The summed E-state index contributed by atoms with van der Waals surface area (Å²) in [6, 6.07) is 5.03. The molecule has 2 aromatic heterocycles. The van der Waals surface area contributed by atoms with E-state index in [4.69, 9.17) is 23.1 Å². The SMILES string of the molecule is Cc1ccnc(N)c1C(N)c1ccc(Cl)cn1. The largest absolute Gasteiger partial charge is 0.383 e. The summed E-state index contributed by atoms with van der Waals surface area (Å²) in [6.07, 6.45) is 3.23. The van der Waals surface area contributed by atoms with Crippen LogP contribution in [0.1, 0.15) is 22.9 Å². The fraction of sp³-hybridized carbons (Fsp3) is 0.167. The van der Waals surface area contributed by atoms with Crippen LogP contribution in [-0.4, -0.2) is 9.97 Å². The minimum atomic E-state index is -0.388. The number of hydrogen-bond acceptors (Lipinski definition) is 4. The van der Waals surface area contributed by atoms with Gasteiger partial charge in [-0.05, 0) is 30.7 Å². The first-order valence-corrected chi connectivity index (χ1v) is 5.55. The van der Waals surface area contributed by atoms with Crippen LogP contribution in [0, 0.1) is 6.92 Å². The third kappa shape index (κ3) is 2.38. The molecule has 17 heavy (non-hydrogen) atoms. The fourth-order valence-corrected chi connectivity index (χ4v) is 1.83. The standard InChI is InChI=1S/C12H13ClN4/c1-7-4-5-16-12(15)10(7)11(14)9-3-2-8(13)6-17-9/h2-6,11H,14H2,1H3,(H2,15,16). The van der Waals surface area contributed by atoms with Crippen LogP contribution < -0.4 is 11.5 Å². The molecule has 1 atom stereocenters. The molecule has 2 aromatic rings. The molecule has 0 bridgehead atoms. The van der Waals surface area contributed by atoms with E-state index in [2.05, 4.69) is 9.97 Å². The first kappa shape index (κ1) is 11.8. The second-order valence-electron chi connectivity index (χ2n) is 3.81. The molecule has 0 aliphatic rings. The summed E-state index contributed by atoms with van der Waals surface area (Å²) in [6.45, 7) is 1.95. The lowest BCUT2D eigenvalue weighted by Crippen LogP contribution is -2.17. The quantitative estimate of drug-likeness (QED) is 0.853. The van der Waals surface area contributed by atoms with Crippen molar-refractivity contribution in [2.75, 3.05) is 5.73 Å². The number of nitrogen functional groups attached to an aromatic ring is 1. The van der Waals surface area contributed by atoms with Crippen LogP contribution in [0.3, 0.4) is 0 Å². The third-order valence-electron chi connectivity index (χ3n) is 2.62. The molecule has 5 heteroatoms. The molecular formula is C12H13ClN4. The van der Waals surface area contributed by atoms with E-state index in [9.17, 15) is 0 Å². The topological polar surface area (TPSA) is 77.8 Å². The minimum Gasteiger partial charge on any atom is -0.383 e. The summed E-state index contributed by atoms with van der Waals surface area (Å²) >= 11 is 5.78. The van der Waals surface area contributed by atoms with Gasteiger partial charge >= 0.3 is 0 Å². The highest BCUT2D eigenvalue weighted by molar-refractivity contribution is 6.30. The molecule has 0 aromatic carbocycles. The van der Waals surface area contributed by atoms with Crippen molar-refractivity contribution >= 4 is 17.4 Å². The van der Waals surface area contributed by atoms with E-state index in [1.165, 1.54) is 0 Å². The molecule has 0 saturated carbocycles. The maximum Gasteiger partial charge on any atom is 0.128 e. The number of hydrogen-bond donors (Lipinski definition) is 2. The van der Waals surface area contributed by atoms with Crippen molar-refractivity contribution in [3.05, 3.63) is 52.4 Å². The zero-order valence-corrected chi connectivity index (χ0v) is 10.1. The second kappa shape index (κ2) is 4.69. The maximum absolute atomic E-state index is 6.14. The molecule has 2 heterocycles. The van der Waals surface area contributed by atoms with Gasteiger partial charge < -0.3 is 11.5 Å². The van der Waals surface area contributed by atoms with E-state index < -0.39 is 0 Å². The highest BCUT2D eigenvalue weighted by Crippen LogP contribution is 2.25. The van der Waals surface area contributed by atoms with Crippen molar-refractivity contribution in [2.24, 2.45) is 5.73 Å². The van der Waals surface area contributed by atoms with Crippen LogP contribution in [0.5, 0.6) is 0 Å². The van der Waals surface area contributed by atoms with Gasteiger partial charge in [-0.2, -0.15) is 0 Å². The Balaban J connectivity index is 2.43. The van der Waals surface area contributed by atoms with Crippen molar-refractivity contribution in [3.8, 4) is 0 Å². The molecule has 0 saturated heterocycles. The average molecular weight is 249 g/mol. The molecule has 2 rings (SSSR count). The summed E-state index contributed by atoms with van der Waals surface area (Å²) in [5.74, 6) is 0.439. The van der Waals surface area contributed by atoms with Gasteiger partial charge in [-0.25, -0.2) is 4.98 Å². The van der Waals surface area contributed by atoms with E-state index in [0.717, 1.165) is 16.8 Å². The van der Waals surface area contributed by atoms with Gasteiger partial charge in [0.2, 0.25) is 0 Å². The van der Waals surface area contributed by atoms with Crippen molar-refractivity contribution in [1.82, 2.24) is 9.97 Å². The van der Waals surface area contributed by atoms with Crippen LogP contribution >= 0.6 is 11.6 Å². The van der Waals surface area contributed by atoms with Crippen LogP contribution in [0.15, 0.2) is 30.6 Å². The number of aryl methyl sites for hydroxylation is 1. The van der Waals surface area contributed by atoms with E-state index in [0.29, 0.717) is 10.8 Å². The van der Waals surface area contributed by atoms with E-state index >= 15 is 0 Å². The van der Waals surface area contributed by atoms with E-state index in [-0.39, 0.29) is 6.04 Å². The normalized spacial score (nSPS) is 12.4. The van der Waals surface area contributed by atoms with Gasteiger partial charge in [-0.3, -0.25) is 4.98 Å². The Morgan fingerprint density at radius 3 is 2.59 bits per heavy atom. The smallest absolute Gasteiger partial charge is 0.128 e. The highest BCUT2D eigenvalue weighted by Gasteiger charge is 2.16. The molecular weight excluding hydrogens is 236 g/mol. The zero-order valence-electron chi connectivity index (χ0n) is 9.39. The number of rotatable bonds is 2. The van der Waals surface area contributed by atoms with E-state index in [1.54, 1.807) is 24.5 Å². The maximum atomic E-state index is 6.14. The average Bonchev–Trinajstić information content (AvgIpc) is 2.29. The lowest BCUT2D eigenvalue weighted by Gasteiger charge is -2.15. The number of anilines is 1. The van der Waals surface area contributed by atoms with Crippen molar-refractivity contribution in [2.45, 2.75) is 13.0 Å². The lowest BCUT2D eigenvalue weighted by atomic mass is 10.0. The molecule has 0 fully saturated rings. The number of halogens is 1. The fourth-order valence-electron chi connectivity index (χ4n) is 1.71. The Bertz CT molecular complexity index is 504. The van der Waals surface area contributed by atoms with Crippen LogP contribution in [-0.2, 0) is 0 Å². The van der Waals surface area contributed by atoms with Gasteiger partial charge in [0.1, 0.15) is 5.82 Å². The molecule has 0 aliphatic carbocycles. The summed E-state index contributed by atoms with van der Waals surface area (Å²) in [7, 11) is 0. The Morgan fingerprint density at radius 1 is 1.24 bits per heavy atom. The van der Waals surface area contributed by atoms with Crippen LogP contribution in [0.25, 0.3) is 0 Å². The minimum absolute atomic E-state index is 0.388. The number of pyridine rings is 2. The molecule has 4 nitrogen and oxygen atoms in total. The lowest BCUT2D eigenvalue weighted by molar-refractivity contribution is 0.818. The Morgan fingerprint density at radius 2 is 2.00 bits per heavy atom. The Labute approximate surface area is 105 Å². The highest BCUT2D eigenvalue weighted by atomic mass is 35.5. The van der Waals surface area contributed by atoms with Crippen molar-refractivity contribution in [3.63, 3.8) is 0 Å². The van der Waals surface area contributed by atoms with Gasteiger partial charge in [0, 0.05) is 18.0 Å². The summed E-state index contributed by atoms with van der Waals surface area (Å²) in [5.41, 5.74) is 14.5. The van der Waals surface area contributed by atoms with Crippen LogP contribution in [0.4, 0.5) is 5.82 Å². The van der Waals surface area contributed by atoms with Crippen molar-refractivity contribution < 1.29 is 0 Å². The van der Waals surface area contributed by atoms with E-state index in [1.807, 2.05) is 13.0 Å². The van der Waals surface area contributed by atoms with Crippen molar-refractivity contribution in [1.29, 1.82) is 0 Å². The van der Waals surface area contributed by atoms with Crippen LogP contribution in [0.2, 0.25) is 5.02 Å². The monoisotopic (exact) mass is 248 g/mol. The molecule has 0 amide bonds. The number of nitrogens with zero attached hydrogens (tertiary/aromatic N) is 2. The summed E-state index contributed by atoms with van der Waals surface area (Å²) < 4.78 is 0. The molecule has 1 unspecified atom stereocenters. The molecule has 0 aliphatic heterocycles. The van der Waals surface area contributed by atoms with Gasteiger partial charge in [0.15, 0.2) is 0 Å². The first-order chi connectivity index (χ1) is 8.09. The first-order valence-electron chi connectivity index (χ1n) is 5.17. The predicted molar refractivity (Wildman–Crippen MR) is 68.7 cm³/mol. The Hall–Kier alpha value is -1.65. The van der Waals surface area contributed by atoms with Gasteiger partial charge in [0.05, 0.1) is 16.8 Å². The predicted octanol–water partition coefficient (Wildman–Crippen LogP) is 2.07. The number of aromatic nitrogens is 2. The molecule has 88 valence electrons. The third-order valence-corrected chi connectivity index (χ3v) is 2.84.